The fourth-order valence-corrected chi connectivity index (χ4v) is 3.95. The van der Waals surface area contributed by atoms with E-state index in [0.717, 1.165) is 10.5 Å². The molecule has 0 radical (unpaired) electrons. The molecule has 3 aromatic carbocycles. The number of carbonyl (C=O) groups excluding carboxylic acids is 4. The number of hydrogen-bond donors (Lipinski definition) is 0. The van der Waals surface area contributed by atoms with Gasteiger partial charge in [-0.1, -0.05) is 42.5 Å². The summed E-state index contributed by atoms with van der Waals surface area (Å²) < 4.78 is 15.7. The first-order chi connectivity index (χ1) is 16.9. The minimum absolute atomic E-state index is 0.0468. The molecule has 4 rings (SSSR count). The number of imide groups is 1. The number of methoxy groups -OCH3 is 2. The van der Waals surface area contributed by atoms with Crippen LogP contribution >= 0.6 is 0 Å². The number of nitrogens with zero attached hydrogens (tertiary/aromatic N) is 1. The Morgan fingerprint density at radius 1 is 0.829 bits per heavy atom. The van der Waals surface area contributed by atoms with E-state index in [-0.39, 0.29) is 28.9 Å². The number of rotatable bonds is 9. The molecule has 0 saturated carbocycles. The number of amides is 2. The normalized spacial score (nSPS) is 13.3. The Hall–Kier alpha value is -4.46. The lowest BCUT2D eigenvalue weighted by molar-refractivity contribution is -0.147. The summed E-state index contributed by atoms with van der Waals surface area (Å²) in [4.78, 5) is 53.0. The lowest BCUT2D eigenvalue weighted by Crippen LogP contribution is -2.47. The molecule has 8 heteroatoms. The molecule has 1 aliphatic rings. The van der Waals surface area contributed by atoms with Crippen LogP contribution in [0.3, 0.4) is 0 Å². The predicted molar refractivity (Wildman–Crippen MR) is 126 cm³/mol. The van der Waals surface area contributed by atoms with Gasteiger partial charge in [0, 0.05) is 12.5 Å². The van der Waals surface area contributed by atoms with Gasteiger partial charge < -0.3 is 14.2 Å². The van der Waals surface area contributed by atoms with Crippen LogP contribution in [-0.4, -0.2) is 55.3 Å². The average molecular weight is 473 g/mol. The lowest BCUT2D eigenvalue weighted by Gasteiger charge is -2.24. The molecule has 0 saturated heterocycles. The van der Waals surface area contributed by atoms with Crippen molar-refractivity contribution in [2.45, 2.75) is 12.5 Å². The van der Waals surface area contributed by atoms with Crippen LogP contribution < -0.4 is 9.47 Å². The number of fused-ring (bicyclic) bond motifs is 1. The highest BCUT2D eigenvalue weighted by Gasteiger charge is 2.43. The monoisotopic (exact) mass is 473 g/mol. The topological polar surface area (TPSA) is 99.2 Å². The van der Waals surface area contributed by atoms with Crippen molar-refractivity contribution >= 4 is 23.6 Å². The van der Waals surface area contributed by atoms with E-state index in [1.165, 1.54) is 20.3 Å². The minimum Gasteiger partial charge on any atom is -0.497 e. The van der Waals surface area contributed by atoms with E-state index in [1.807, 2.05) is 6.07 Å². The first-order valence-electron chi connectivity index (χ1n) is 10.9. The standard InChI is InChI=1S/C27H23NO7/c1-33-18-12-13-21(24(15-18)34-2)23(29)16-35-27(32)22(14-17-8-4-3-5-9-17)28-25(30)19-10-6-7-11-20(19)26(28)31/h3-13,15,22H,14,16H2,1-2H3/t22-/m0/s1. The number of Topliss-reactive ketones (excluding diaryl/α,β-unsaturated/α-hetero) is 1. The summed E-state index contributed by atoms with van der Waals surface area (Å²) >= 11 is 0. The van der Waals surface area contributed by atoms with Crippen molar-refractivity contribution < 1.29 is 33.4 Å². The first-order valence-corrected chi connectivity index (χ1v) is 10.9. The second-order valence-electron chi connectivity index (χ2n) is 7.83. The summed E-state index contributed by atoms with van der Waals surface area (Å²) in [6.07, 6.45) is 0.0468. The molecule has 3 aromatic rings. The van der Waals surface area contributed by atoms with Crippen molar-refractivity contribution in [1.29, 1.82) is 0 Å². The highest BCUT2D eigenvalue weighted by atomic mass is 16.5. The summed E-state index contributed by atoms with van der Waals surface area (Å²) in [7, 11) is 2.90. The number of ketones is 1. The summed E-state index contributed by atoms with van der Waals surface area (Å²) in [5, 5.41) is 0. The zero-order chi connectivity index (χ0) is 24.9. The fourth-order valence-electron chi connectivity index (χ4n) is 3.95. The van der Waals surface area contributed by atoms with Crippen LogP contribution in [0.1, 0.15) is 36.6 Å². The molecule has 0 N–H and O–H groups in total. The molecule has 178 valence electrons. The van der Waals surface area contributed by atoms with Gasteiger partial charge in [0.1, 0.15) is 17.5 Å². The van der Waals surface area contributed by atoms with E-state index < -0.39 is 36.2 Å². The Labute approximate surface area is 202 Å². The molecule has 0 fully saturated rings. The number of hydrogen-bond acceptors (Lipinski definition) is 7. The molecule has 1 atom stereocenters. The number of ether oxygens (including phenoxy) is 3. The SMILES string of the molecule is COc1ccc(C(=O)COC(=O)[C@H](Cc2ccccc2)N2C(=O)c3ccccc3C2=O)c(OC)c1. The summed E-state index contributed by atoms with van der Waals surface area (Å²) in [5.41, 5.74) is 1.39. The second-order valence-corrected chi connectivity index (χ2v) is 7.83. The van der Waals surface area contributed by atoms with Crippen molar-refractivity contribution in [3.63, 3.8) is 0 Å². The highest BCUT2D eigenvalue weighted by molar-refractivity contribution is 6.22. The molecule has 0 bridgehead atoms. The van der Waals surface area contributed by atoms with E-state index in [0.29, 0.717) is 5.75 Å². The van der Waals surface area contributed by atoms with E-state index in [2.05, 4.69) is 0 Å². The molecule has 0 aromatic heterocycles. The highest BCUT2D eigenvalue weighted by Crippen LogP contribution is 2.27. The molecular formula is C27H23NO7. The van der Waals surface area contributed by atoms with Gasteiger partial charge >= 0.3 is 5.97 Å². The van der Waals surface area contributed by atoms with Crippen molar-refractivity contribution in [2.75, 3.05) is 20.8 Å². The van der Waals surface area contributed by atoms with E-state index in [9.17, 15) is 19.2 Å². The molecule has 1 aliphatic heterocycles. The number of benzene rings is 3. The molecule has 35 heavy (non-hydrogen) atoms. The molecule has 8 nitrogen and oxygen atoms in total. The van der Waals surface area contributed by atoms with Gasteiger partial charge in [0.25, 0.3) is 11.8 Å². The Morgan fingerprint density at radius 3 is 2.06 bits per heavy atom. The first kappa shape index (κ1) is 23.7. The van der Waals surface area contributed by atoms with Crippen molar-refractivity contribution in [2.24, 2.45) is 0 Å². The maximum absolute atomic E-state index is 13.2. The quantitative estimate of drug-likeness (QED) is 0.267. The zero-order valence-electron chi connectivity index (χ0n) is 19.2. The molecule has 0 spiro atoms. The van der Waals surface area contributed by atoms with E-state index >= 15 is 0 Å². The van der Waals surface area contributed by atoms with E-state index in [4.69, 9.17) is 14.2 Å². The van der Waals surface area contributed by atoms with Crippen LogP contribution in [0.25, 0.3) is 0 Å². The summed E-state index contributed by atoms with van der Waals surface area (Å²) in [6, 6.07) is 18.8. The minimum atomic E-state index is -1.24. The molecule has 0 unspecified atom stereocenters. The smallest absolute Gasteiger partial charge is 0.330 e. The molecular weight excluding hydrogens is 450 g/mol. The fraction of sp³-hybridized carbons (Fsp3) is 0.185. The van der Waals surface area contributed by atoms with E-state index in [1.54, 1.807) is 60.7 Å². The van der Waals surface area contributed by atoms with Crippen LogP contribution in [0, 0.1) is 0 Å². The van der Waals surface area contributed by atoms with Crippen LogP contribution in [-0.2, 0) is 16.0 Å². The number of carbonyl (C=O) groups is 4. The van der Waals surface area contributed by atoms with Gasteiger partial charge in [-0.2, -0.15) is 0 Å². The zero-order valence-corrected chi connectivity index (χ0v) is 19.2. The van der Waals surface area contributed by atoms with Gasteiger partial charge in [-0.15, -0.1) is 0 Å². The molecule has 2 amide bonds. The van der Waals surface area contributed by atoms with Gasteiger partial charge in [0.05, 0.1) is 30.9 Å². The van der Waals surface area contributed by atoms with Gasteiger partial charge in [-0.3, -0.25) is 19.3 Å². The summed E-state index contributed by atoms with van der Waals surface area (Å²) in [5.74, 6) is -1.74. The van der Waals surface area contributed by atoms with Gasteiger partial charge in [0.15, 0.2) is 6.61 Å². The third-order valence-electron chi connectivity index (χ3n) is 5.74. The Bertz CT molecular complexity index is 1250. The Balaban J connectivity index is 1.56. The lowest BCUT2D eigenvalue weighted by atomic mass is 10.0. The van der Waals surface area contributed by atoms with Gasteiger partial charge in [-0.25, -0.2) is 4.79 Å². The van der Waals surface area contributed by atoms with Crippen LogP contribution in [0.2, 0.25) is 0 Å². The average Bonchev–Trinajstić information content (AvgIpc) is 3.15. The van der Waals surface area contributed by atoms with Gasteiger partial charge in [-0.05, 0) is 29.8 Å². The summed E-state index contributed by atoms with van der Waals surface area (Å²) in [6.45, 7) is -0.587. The molecule has 0 aliphatic carbocycles. The van der Waals surface area contributed by atoms with Crippen molar-refractivity contribution in [3.8, 4) is 11.5 Å². The van der Waals surface area contributed by atoms with Gasteiger partial charge in [0.2, 0.25) is 5.78 Å². The largest absolute Gasteiger partial charge is 0.497 e. The van der Waals surface area contributed by atoms with Crippen molar-refractivity contribution in [1.82, 2.24) is 4.90 Å². The van der Waals surface area contributed by atoms with Crippen molar-refractivity contribution in [3.05, 3.63) is 95.1 Å². The van der Waals surface area contributed by atoms with Crippen LogP contribution in [0.15, 0.2) is 72.8 Å². The van der Waals surface area contributed by atoms with Crippen LogP contribution in [0.4, 0.5) is 0 Å². The maximum Gasteiger partial charge on any atom is 0.330 e. The van der Waals surface area contributed by atoms with Crippen LogP contribution in [0.5, 0.6) is 11.5 Å². The second kappa shape index (κ2) is 10.2. The third-order valence-corrected chi connectivity index (χ3v) is 5.74. The third kappa shape index (κ3) is 4.77. The predicted octanol–water partition coefficient (Wildman–Crippen LogP) is 3.34. The maximum atomic E-state index is 13.2. The number of esters is 1. The Kier molecular flexibility index (Phi) is 6.91. The Morgan fingerprint density at radius 2 is 1.46 bits per heavy atom. The molecule has 1 heterocycles.